The van der Waals surface area contributed by atoms with Crippen molar-refractivity contribution in [2.45, 2.75) is 72.9 Å². The first-order valence-electron chi connectivity index (χ1n) is 6.94. The van der Waals surface area contributed by atoms with Crippen LogP contribution in [-0.2, 0) is 9.47 Å². The first-order valence-corrected chi connectivity index (χ1v) is 6.94. The lowest BCUT2D eigenvalue weighted by Gasteiger charge is -2.44. The number of ether oxygens (including phenoxy) is 2. The van der Waals surface area contributed by atoms with Gasteiger partial charge in [0, 0.05) is 12.0 Å². The lowest BCUT2D eigenvalue weighted by atomic mass is 9.89. The molecule has 2 atom stereocenters. The van der Waals surface area contributed by atoms with E-state index in [0.29, 0.717) is 6.42 Å². The maximum absolute atomic E-state index is 11.2. The second-order valence-corrected chi connectivity index (χ2v) is 7.27. The molecule has 0 radical (unpaired) electrons. The number of hydrogen-bond donors (Lipinski definition) is 2. The summed E-state index contributed by atoms with van der Waals surface area (Å²) in [5.41, 5.74) is 9.71. The molecule has 4 N–H and O–H groups in total. The van der Waals surface area contributed by atoms with E-state index in [0.717, 1.165) is 0 Å². The number of carbonyl (C=O) groups excluding carboxylic acids is 2. The summed E-state index contributed by atoms with van der Waals surface area (Å²) in [6.45, 7) is 13.5. The zero-order valence-corrected chi connectivity index (χ0v) is 14.1. The van der Waals surface area contributed by atoms with Crippen LogP contribution in [0.2, 0.25) is 0 Å². The van der Waals surface area contributed by atoms with Gasteiger partial charge in [0.1, 0.15) is 0 Å². The molecule has 0 aromatic rings. The normalized spacial score (nSPS) is 15.4. The van der Waals surface area contributed by atoms with E-state index < -0.39 is 30.2 Å². The van der Waals surface area contributed by atoms with Crippen LogP contribution in [0.4, 0.5) is 9.59 Å². The topological polar surface area (TPSA) is 108 Å². The molecule has 21 heavy (non-hydrogen) atoms. The van der Waals surface area contributed by atoms with E-state index in [1.54, 1.807) is 11.8 Å². The van der Waals surface area contributed by atoms with Crippen LogP contribution in [-0.4, -0.2) is 35.1 Å². The number of nitrogens with zero attached hydrogens (tertiary/aromatic N) is 1. The van der Waals surface area contributed by atoms with Gasteiger partial charge in [-0.3, -0.25) is 0 Å². The van der Waals surface area contributed by atoms with Crippen molar-refractivity contribution >= 4 is 12.2 Å². The summed E-state index contributed by atoms with van der Waals surface area (Å²) < 4.78 is 10.3. The van der Waals surface area contributed by atoms with Crippen molar-refractivity contribution in [3.8, 4) is 0 Å². The van der Waals surface area contributed by atoms with E-state index in [1.165, 1.54) is 0 Å². The van der Waals surface area contributed by atoms with Gasteiger partial charge < -0.3 is 20.9 Å². The van der Waals surface area contributed by atoms with Gasteiger partial charge in [0.15, 0.2) is 12.5 Å². The third-order valence-corrected chi connectivity index (χ3v) is 2.80. The van der Waals surface area contributed by atoms with Crippen molar-refractivity contribution < 1.29 is 19.1 Å². The predicted octanol–water partition coefficient (Wildman–Crippen LogP) is 2.39. The fourth-order valence-electron chi connectivity index (χ4n) is 2.29. The average molecular weight is 303 g/mol. The van der Waals surface area contributed by atoms with Crippen molar-refractivity contribution in [1.29, 1.82) is 0 Å². The van der Waals surface area contributed by atoms with Gasteiger partial charge in [-0.25, -0.2) is 14.5 Å². The zero-order chi connectivity index (χ0) is 17.0. The van der Waals surface area contributed by atoms with E-state index in [9.17, 15) is 9.59 Å². The second kappa shape index (κ2) is 6.98. The summed E-state index contributed by atoms with van der Waals surface area (Å²) >= 11 is 0. The maximum Gasteiger partial charge on any atom is 0.406 e. The molecule has 2 unspecified atom stereocenters. The van der Waals surface area contributed by atoms with Crippen molar-refractivity contribution in [2.75, 3.05) is 0 Å². The first kappa shape index (κ1) is 19.5. The Kier molecular flexibility index (Phi) is 6.48. The standard InChI is InChI=1S/C14H29N3O4/c1-9(20-11(15)18)17(14(5,6)7)10(21-12(16)19)8-13(2,3)4/h9-10H,8H2,1-7H3,(H2,15,18)(H2,16,19). The van der Waals surface area contributed by atoms with E-state index in [1.807, 2.05) is 41.5 Å². The van der Waals surface area contributed by atoms with Gasteiger partial charge >= 0.3 is 12.2 Å². The van der Waals surface area contributed by atoms with E-state index in [4.69, 9.17) is 20.9 Å². The summed E-state index contributed by atoms with van der Waals surface area (Å²) in [5.74, 6) is 0. The SMILES string of the molecule is CC(OC(N)=O)N(C(CC(C)(C)C)OC(N)=O)C(C)(C)C. The molecule has 0 aromatic heterocycles. The molecule has 7 heteroatoms. The monoisotopic (exact) mass is 303 g/mol. The highest BCUT2D eigenvalue weighted by molar-refractivity contribution is 5.65. The van der Waals surface area contributed by atoms with Crippen LogP contribution in [0.25, 0.3) is 0 Å². The van der Waals surface area contributed by atoms with Crippen molar-refractivity contribution in [3.63, 3.8) is 0 Å². The maximum atomic E-state index is 11.2. The Labute approximate surface area is 126 Å². The Bertz CT molecular complexity index is 371. The van der Waals surface area contributed by atoms with Gasteiger partial charge in [0.05, 0.1) is 0 Å². The summed E-state index contributed by atoms with van der Waals surface area (Å²) in [7, 11) is 0. The fourth-order valence-corrected chi connectivity index (χ4v) is 2.29. The minimum absolute atomic E-state index is 0.115. The minimum atomic E-state index is -0.884. The van der Waals surface area contributed by atoms with Crippen LogP contribution >= 0.6 is 0 Å². The average Bonchev–Trinajstić information content (AvgIpc) is 2.08. The molecule has 0 fully saturated rings. The highest BCUT2D eigenvalue weighted by Crippen LogP contribution is 2.30. The molecular weight excluding hydrogens is 274 g/mol. The molecule has 0 saturated heterocycles. The van der Waals surface area contributed by atoms with Crippen molar-refractivity contribution in [1.82, 2.24) is 4.90 Å². The van der Waals surface area contributed by atoms with Crippen LogP contribution < -0.4 is 11.5 Å². The molecule has 0 saturated carbocycles. The smallest absolute Gasteiger partial charge is 0.406 e. The molecule has 7 nitrogen and oxygen atoms in total. The molecule has 0 aromatic carbocycles. The quantitative estimate of drug-likeness (QED) is 0.758. The predicted molar refractivity (Wildman–Crippen MR) is 80.3 cm³/mol. The molecule has 0 aliphatic carbocycles. The van der Waals surface area contributed by atoms with Crippen LogP contribution in [0.15, 0.2) is 0 Å². The van der Waals surface area contributed by atoms with Gasteiger partial charge in [-0.1, -0.05) is 20.8 Å². The number of rotatable bonds is 5. The Morgan fingerprint density at radius 1 is 1.00 bits per heavy atom. The third-order valence-electron chi connectivity index (χ3n) is 2.80. The van der Waals surface area contributed by atoms with Crippen molar-refractivity contribution in [2.24, 2.45) is 16.9 Å². The molecule has 2 amide bonds. The summed E-state index contributed by atoms with van der Waals surface area (Å²) in [6.07, 6.45) is -2.51. The molecule has 0 aliphatic rings. The largest absolute Gasteiger partial charge is 0.431 e. The van der Waals surface area contributed by atoms with Gasteiger partial charge in [-0.15, -0.1) is 0 Å². The van der Waals surface area contributed by atoms with Crippen LogP contribution in [0.3, 0.4) is 0 Å². The van der Waals surface area contributed by atoms with Crippen LogP contribution in [0, 0.1) is 5.41 Å². The minimum Gasteiger partial charge on any atom is -0.431 e. The highest BCUT2D eigenvalue weighted by atomic mass is 16.6. The molecule has 0 spiro atoms. The molecule has 0 bridgehead atoms. The number of primary amides is 2. The Balaban J connectivity index is 5.46. The van der Waals surface area contributed by atoms with Gasteiger partial charge in [0.2, 0.25) is 0 Å². The lowest BCUT2D eigenvalue weighted by Crippen LogP contribution is -2.56. The summed E-state index contributed by atoms with van der Waals surface area (Å²) in [6, 6.07) is 0. The number of hydrogen-bond acceptors (Lipinski definition) is 5. The Morgan fingerprint density at radius 2 is 1.43 bits per heavy atom. The van der Waals surface area contributed by atoms with Gasteiger partial charge in [0.25, 0.3) is 0 Å². The molecule has 0 aliphatic heterocycles. The number of carbonyl (C=O) groups is 2. The molecule has 0 heterocycles. The first-order chi connectivity index (χ1) is 9.24. The van der Waals surface area contributed by atoms with Crippen LogP contribution in [0.5, 0.6) is 0 Å². The zero-order valence-electron chi connectivity index (χ0n) is 14.1. The number of nitrogens with two attached hydrogens (primary N) is 2. The van der Waals surface area contributed by atoms with E-state index in [2.05, 4.69) is 0 Å². The van der Waals surface area contributed by atoms with Gasteiger partial charge in [-0.05, 0) is 33.1 Å². The molecule has 0 rings (SSSR count). The van der Waals surface area contributed by atoms with E-state index in [-0.39, 0.29) is 5.41 Å². The van der Waals surface area contributed by atoms with Crippen LogP contribution in [0.1, 0.15) is 54.9 Å². The van der Waals surface area contributed by atoms with E-state index >= 15 is 0 Å². The molecular formula is C14H29N3O4. The Hall–Kier alpha value is -1.50. The summed E-state index contributed by atoms with van der Waals surface area (Å²) in [5, 5.41) is 0. The third kappa shape index (κ3) is 7.75. The Morgan fingerprint density at radius 3 is 1.71 bits per heavy atom. The highest BCUT2D eigenvalue weighted by Gasteiger charge is 2.38. The number of amides is 2. The van der Waals surface area contributed by atoms with Gasteiger partial charge in [-0.2, -0.15) is 0 Å². The van der Waals surface area contributed by atoms with Crippen molar-refractivity contribution in [3.05, 3.63) is 0 Å². The summed E-state index contributed by atoms with van der Waals surface area (Å²) in [4.78, 5) is 24.0. The lowest BCUT2D eigenvalue weighted by molar-refractivity contribution is -0.149. The second-order valence-electron chi connectivity index (χ2n) is 7.27. The fraction of sp³-hybridized carbons (Fsp3) is 0.857. The molecule has 124 valence electrons.